The number of rotatable bonds is 6. The van der Waals surface area contributed by atoms with E-state index in [1.165, 1.54) is 23.5 Å². The number of benzene rings is 2. The molecular weight excluding hydrogens is 498 g/mol. The number of nitrogens with zero attached hydrogens (tertiary/aromatic N) is 5. The number of hydrogen-bond acceptors (Lipinski definition) is 9. The molecule has 3 aliphatic heterocycles. The maximum Gasteiger partial charge on any atom is 0.253 e. The number of aliphatic imine (C=N–C) groups is 1. The fourth-order valence-corrected chi connectivity index (χ4v) is 5.95. The number of carbonyl (C=O) groups is 2. The van der Waals surface area contributed by atoms with Crippen molar-refractivity contribution < 1.29 is 19.1 Å². The summed E-state index contributed by atoms with van der Waals surface area (Å²) in [4.78, 5) is 29.3. The van der Waals surface area contributed by atoms with Gasteiger partial charge in [0, 0.05) is 19.4 Å². The van der Waals surface area contributed by atoms with Gasteiger partial charge in [0.25, 0.3) is 5.91 Å². The van der Waals surface area contributed by atoms with Gasteiger partial charge in [0.1, 0.15) is 11.5 Å². The molecule has 3 aliphatic rings. The Kier molecular flexibility index (Phi) is 7.28. The molecule has 11 heteroatoms. The molecule has 0 saturated carbocycles. The summed E-state index contributed by atoms with van der Waals surface area (Å²) in [6.07, 6.45) is 1.75. The summed E-state index contributed by atoms with van der Waals surface area (Å²) in [6.45, 7) is 0.650. The zero-order valence-corrected chi connectivity index (χ0v) is 21.6. The van der Waals surface area contributed by atoms with Crippen LogP contribution < -0.4 is 9.47 Å². The maximum absolute atomic E-state index is 13.4. The third kappa shape index (κ3) is 5.26. The van der Waals surface area contributed by atoms with Crippen molar-refractivity contribution in [3.63, 3.8) is 0 Å². The lowest BCUT2D eigenvalue weighted by Crippen LogP contribution is -2.28. The Morgan fingerprint density at radius 2 is 1.75 bits per heavy atom. The Balaban J connectivity index is 1.33. The van der Waals surface area contributed by atoms with Crippen molar-refractivity contribution in [3.8, 4) is 11.5 Å². The van der Waals surface area contributed by atoms with E-state index in [4.69, 9.17) is 14.6 Å². The lowest BCUT2D eigenvalue weighted by Gasteiger charge is -2.22. The molecule has 0 aromatic heterocycles. The molecule has 9 nitrogen and oxygen atoms in total. The van der Waals surface area contributed by atoms with Crippen LogP contribution in [0.25, 0.3) is 0 Å². The normalized spacial score (nSPS) is 19.3. The van der Waals surface area contributed by atoms with Crippen LogP contribution in [-0.4, -0.2) is 63.6 Å². The maximum atomic E-state index is 13.4. The average molecular weight is 524 g/mol. The summed E-state index contributed by atoms with van der Waals surface area (Å²) < 4.78 is 11.3. The van der Waals surface area contributed by atoms with Crippen molar-refractivity contribution >= 4 is 50.6 Å². The number of amides is 2. The monoisotopic (exact) mass is 523 g/mol. The molecule has 0 unspecified atom stereocenters. The minimum atomic E-state index is -0.226. The summed E-state index contributed by atoms with van der Waals surface area (Å²) in [5, 5.41) is 13.2. The first kappa shape index (κ1) is 24.4. The predicted octanol–water partition coefficient (Wildman–Crippen LogP) is 4.11. The van der Waals surface area contributed by atoms with Gasteiger partial charge >= 0.3 is 0 Å². The average Bonchev–Trinajstić information content (AvgIpc) is 3.47. The number of ether oxygens (including phenoxy) is 2. The molecule has 0 fully saturated rings. The van der Waals surface area contributed by atoms with Crippen LogP contribution in [0.2, 0.25) is 0 Å². The molecular formula is C25H25N5O4S2. The van der Waals surface area contributed by atoms with Crippen molar-refractivity contribution in [1.29, 1.82) is 0 Å². The Morgan fingerprint density at radius 1 is 1.06 bits per heavy atom. The van der Waals surface area contributed by atoms with Crippen LogP contribution in [0.15, 0.2) is 63.7 Å². The van der Waals surface area contributed by atoms with Gasteiger partial charge in [-0.3, -0.25) is 9.59 Å². The van der Waals surface area contributed by atoms with Crippen molar-refractivity contribution in [2.75, 3.05) is 26.5 Å². The minimum absolute atomic E-state index is 0.118. The van der Waals surface area contributed by atoms with E-state index in [1.807, 2.05) is 48.5 Å². The van der Waals surface area contributed by atoms with Crippen molar-refractivity contribution in [2.45, 2.75) is 25.3 Å². The molecule has 0 spiro atoms. The Hall–Kier alpha value is -3.31. The topological polar surface area (TPSA) is 96.2 Å². The highest BCUT2D eigenvalue weighted by Gasteiger charge is 2.34. The van der Waals surface area contributed by atoms with Crippen LogP contribution in [0.4, 0.5) is 0 Å². The van der Waals surface area contributed by atoms with Gasteiger partial charge in [0.2, 0.25) is 5.91 Å². The highest BCUT2D eigenvalue weighted by Crippen LogP contribution is 2.35. The van der Waals surface area contributed by atoms with E-state index in [0.717, 1.165) is 28.3 Å². The smallest absolute Gasteiger partial charge is 0.253 e. The highest BCUT2D eigenvalue weighted by molar-refractivity contribution is 8.45. The number of hydrogen-bond donors (Lipinski definition) is 0. The van der Waals surface area contributed by atoms with Gasteiger partial charge in [0.15, 0.2) is 9.54 Å². The molecule has 1 atom stereocenters. The molecule has 2 amide bonds. The molecule has 3 heterocycles. The number of methoxy groups -OCH3 is 2. The summed E-state index contributed by atoms with van der Waals surface area (Å²) in [6, 6.07) is 15.2. The predicted molar refractivity (Wildman–Crippen MR) is 143 cm³/mol. The fraction of sp³-hybridized carbons (Fsp3) is 0.320. The number of carbonyl (C=O) groups excluding carboxylic acids is 2. The van der Waals surface area contributed by atoms with Crippen LogP contribution >= 0.6 is 23.5 Å². The van der Waals surface area contributed by atoms with Crippen LogP contribution in [-0.2, 0) is 9.59 Å². The van der Waals surface area contributed by atoms with Gasteiger partial charge in [-0.25, -0.2) is 10.0 Å². The lowest BCUT2D eigenvalue weighted by atomic mass is 9.98. The zero-order chi connectivity index (χ0) is 25.1. The first-order valence-electron chi connectivity index (χ1n) is 11.5. The van der Waals surface area contributed by atoms with Gasteiger partial charge in [-0.15, -0.1) is 0 Å². The first-order chi connectivity index (χ1) is 17.5. The lowest BCUT2D eigenvalue weighted by molar-refractivity contribution is -0.130. The van der Waals surface area contributed by atoms with Crippen LogP contribution in [0.1, 0.15) is 36.4 Å². The molecule has 36 heavy (non-hydrogen) atoms. The Bertz CT molecular complexity index is 1240. The van der Waals surface area contributed by atoms with Crippen LogP contribution in [0.3, 0.4) is 0 Å². The largest absolute Gasteiger partial charge is 0.497 e. The number of thioether (sulfide) groups is 2. The standard InChI is InChI=1S/C25H25N5O4S2/c1-33-18-9-5-16(6-10-18)20-14-21(17-7-11-19(34-2)12-8-17)30(27-20)23(32)15-35-25-28-29-13-3-4-22(31)26-24(29)36-25/h5-12,21H,3-4,13-15H2,1-2H3/t21-/m1/s1. The molecule has 0 saturated heterocycles. The van der Waals surface area contributed by atoms with E-state index in [9.17, 15) is 9.59 Å². The summed E-state index contributed by atoms with van der Waals surface area (Å²) in [7, 11) is 3.26. The molecule has 5 rings (SSSR count). The first-order valence-corrected chi connectivity index (χ1v) is 13.3. The molecule has 0 N–H and O–H groups in total. The second-order valence-corrected chi connectivity index (χ2v) is 10.5. The number of hydrazone groups is 2. The SMILES string of the molecule is COc1ccc(C2=NN(C(=O)CSC3=NN4CCCC(=O)N=C4S3)[C@@H](c3ccc(OC)cc3)C2)cc1. The molecule has 2 aromatic carbocycles. The molecule has 186 valence electrons. The number of amidine groups is 1. The van der Waals surface area contributed by atoms with Crippen LogP contribution in [0.5, 0.6) is 11.5 Å². The third-order valence-electron chi connectivity index (χ3n) is 5.99. The quantitative estimate of drug-likeness (QED) is 0.562. The van der Waals surface area contributed by atoms with E-state index in [2.05, 4.69) is 10.1 Å². The summed E-state index contributed by atoms with van der Waals surface area (Å²) in [5.41, 5.74) is 2.77. The summed E-state index contributed by atoms with van der Waals surface area (Å²) in [5.74, 6) is 1.45. The zero-order valence-electron chi connectivity index (χ0n) is 19.9. The van der Waals surface area contributed by atoms with E-state index in [1.54, 1.807) is 24.2 Å². The van der Waals surface area contributed by atoms with E-state index >= 15 is 0 Å². The summed E-state index contributed by atoms with van der Waals surface area (Å²) >= 11 is 2.67. The Morgan fingerprint density at radius 3 is 2.44 bits per heavy atom. The van der Waals surface area contributed by atoms with Gasteiger partial charge < -0.3 is 9.47 Å². The van der Waals surface area contributed by atoms with Crippen molar-refractivity contribution in [2.24, 2.45) is 15.2 Å². The highest BCUT2D eigenvalue weighted by atomic mass is 32.2. The van der Waals surface area contributed by atoms with Gasteiger partial charge in [-0.2, -0.15) is 15.2 Å². The van der Waals surface area contributed by atoms with Crippen molar-refractivity contribution in [3.05, 3.63) is 59.7 Å². The molecule has 0 radical (unpaired) electrons. The van der Waals surface area contributed by atoms with Gasteiger partial charge in [-0.05, 0) is 65.7 Å². The molecule has 0 aliphatic carbocycles. The fourth-order valence-electron chi connectivity index (χ4n) is 4.09. The Labute approximate surface area is 217 Å². The number of fused-ring (bicyclic) bond motifs is 1. The van der Waals surface area contributed by atoms with E-state index in [-0.39, 0.29) is 23.6 Å². The van der Waals surface area contributed by atoms with Gasteiger partial charge in [0.05, 0.1) is 31.7 Å². The van der Waals surface area contributed by atoms with Gasteiger partial charge in [-0.1, -0.05) is 23.9 Å². The second kappa shape index (κ2) is 10.8. The van der Waals surface area contributed by atoms with Crippen LogP contribution in [0, 0.1) is 0 Å². The van der Waals surface area contributed by atoms with Crippen molar-refractivity contribution in [1.82, 2.24) is 10.0 Å². The molecule has 2 aromatic rings. The molecule has 0 bridgehead atoms. The van der Waals surface area contributed by atoms with E-state index < -0.39 is 0 Å². The third-order valence-corrected chi connectivity index (χ3v) is 8.06. The minimum Gasteiger partial charge on any atom is -0.497 e. The second-order valence-electron chi connectivity index (χ2n) is 8.28. The van der Waals surface area contributed by atoms with E-state index in [0.29, 0.717) is 35.4 Å².